The van der Waals surface area contributed by atoms with Gasteiger partial charge >= 0.3 is 0 Å². The summed E-state index contributed by atoms with van der Waals surface area (Å²) in [6, 6.07) is 0.955. The molecule has 1 unspecified atom stereocenters. The number of alkyl halides is 2. The molecule has 0 aliphatic carbocycles. The van der Waals surface area contributed by atoms with E-state index in [1.807, 2.05) is 6.92 Å². The summed E-state index contributed by atoms with van der Waals surface area (Å²) in [7, 11) is 0. The van der Waals surface area contributed by atoms with Crippen molar-refractivity contribution in [3.8, 4) is 0 Å². The third-order valence-electron chi connectivity index (χ3n) is 4.85. The molecule has 0 N–H and O–H groups in total. The summed E-state index contributed by atoms with van der Waals surface area (Å²) in [5.41, 5.74) is 0. The summed E-state index contributed by atoms with van der Waals surface area (Å²) in [6.45, 7) is 9.13. The third kappa shape index (κ3) is 3.46. The van der Waals surface area contributed by atoms with Crippen LogP contribution in [0.4, 0.5) is 8.78 Å². The molecule has 2 rings (SSSR count). The summed E-state index contributed by atoms with van der Waals surface area (Å²) in [4.78, 5) is 4.52. The predicted octanol–water partition coefficient (Wildman–Crippen LogP) is 3.23. The first-order valence-electron chi connectivity index (χ1n) is 7.80. The van der Waals surface area contributed by atoms with Crippen LogP contribution >= 0.6 is 0 Å². The van der Waals surface area contributed by atoms with Gasteiger partial charge in [0.05, 0.1) is 6.54 Å². The van der Waals surface area contributed by atoms with Crippen molar-refractivity contribution in [3.63, 3.8) is 0 Å². The van der Waals surface area contributed by atoms with Gasteiger partial charge in [-0.15, -0.1) is 0 Å². The molecule has 112 valence electrons. The molecule has 2 fully saturated rings. The summed E-state index contributed by atoms with van der Waals surface area (Å²) < 4.78 is 27.9. The van der Waals surface area contributed by atoms with E-state index < -0.39 is 11.8 Å². The minimum Gasteiger partial charge on any atom is -0.301 e. The van der Waals surface area contributed by atoms with Gasteiger partial charge in [-0.3, -0.25) is 4.90 Å². The largest absolute Gasteiger partial charge is 0.301 e. The van der Waals surface area contributed by atoms with Crippen LogP contribution in [0, 0.1) is 5.92 Å². The van der Waals surface area contributed by atoms with Crippen molar-refractivity contribution in [3.05, 3.63) is 0 Å². The molecule has 0 amide bonds. The minimum atomic E-state index is -2.47. The van der Waals surface area contributed by atoms with Crippen molar-refractivity contribution in [2.45, 2.75) is 64.5 Å². The van der Waals surface area contributed by atoms with Gasteiger partial charge in [0.1, 0.15) is 0 Å². The molecule has 2 aliphatic rings. The number of hydrogen-bond donors (Lipinski definition) is 0. The smallest absolute Gasteiger partial charge is 0.264 e. The molecule has 0 aromatic rings. The first-order valence-corrected chi connectivity index (χ1v) is 7.80. The Hall–Kier alpha value is -0.220. The summed E-state index contributed by atoms with van der Waals surface area (Å²) >= 11 is 0. The van der Waals surface area contributed by atoms with Gasteiger partial charge in [0.15, 0.2) is 0 Å². The van der Waals surface area contributed by atoms with Gasteiger partial charge in [0.2, 0.25) is 0 Å². The fourth-order valence-electron chi connectivity index (χ4n) is 3.58. The van der Waals surface area contributed by atoms with Crippen molar-refractivity contribution in [1.29, 1.82) is 0 Å². The van der Waals surface area contributed by atoms with E-state index in [1.165, 1.54) is 0 Å². The van der Waals surface area contributed by atoms with E-state index in [1.54, 1.807) is 0 Å². The highest BCUT2D eigenvalue weighted by molar-refractivity contribution is 4.94. The lowest BCUT2D eigenvalue weighted by molar-refractivity contribution is -0.0330. The second-order valence-electron chi connectivity index (χ2n) is 6.54. The molecule has 4 heteroatoms. The Morgan fingerprint density at radius 3 is 2.37 bits per heavy atom. The summed E-state index contributed by atoms with van der Waals surface area (Å²) in [6.07, 6.45) is 3.62. The zero-order chi connectivity index (χ0) is 14.0. The maximum absolute atomic E-state index is 14.0. The summed E-state index contributed by atoms with van der Waals surface area (Å²) in [5, 5.41) is 0. The van der Waals surface area contributed by atoms with Crippen molar-refractivity contribution >= 4 is 0 Å². The highest BCUT2D eigenvalue weighted by atomic mass is 19.3. The average Bonchev–Trinajstić information content (AvgIpc) is 2.66. The van der Waals surface area contributed by atoms with E-state index in [0.29, 0.717) is 25.0 Å². The molecule has 2 aliphatic heterocycles. The average molecular weight is 274 g/mol. The first kappa shape index (κ1) is 15.2. The number of nitrogens with zero attached hydrogens (tertiary/aromatic N) is 2. The van der Waals surface area contributed by atoms with E-state index in [0.717, 1.165) is 32.4 Å². The van der Waals surface area contributed by atoms with E-state index in [4.69, 9.17) is 0 Å². The number of likely N-dealkylation sites (tertiary alicyclic amines) is 2. The SMILES string of the molecule is CCCC1CN(C2CCN(C(C)C)CC2)CC1(F)F. The van der Waals surface area contributed by atoms with E-state index >= 15 is 0 Å². The monoisotopic (exact) mass is 274 g/mol. The zero-order valence-corrected chi connectivity index (χ0v) is 12.5. The minimum absolute atomic E-state index is 0.00991. The predicted molar refractivity (Wildman–Crippen MR) is 74.6 cm³/mol. The van der Waals surface area contributed by atoms with Crippen LogP contribution in [0.3, 0.4) is 0 Å². The second kappa shape index (κ2) is 6.04. The van der Waals surface area contributed by atoms with Crippen LogP contribution in [-0.4, -0.2) is 54.0 Å². The van der Waals surface area contributed by atoms with Gasteiger partial charge < -0.3 is 4.90 Å². The first-order chi connectivity index (χ1) is 8.94. The van der Waals surface area contributed by atoms with E-state index in [-0.39, 0.29) is 6.54 Å². The normalized spacial score (nSPS) is 30.3. The Morgan fingerprint density at radius 1 is 1.21 bits per heavy atom. The molecule has 0 bridgehead atoms. The molecule has 2 heterocycles. The topological polar surface area (TPSA) is 6.48 Å². The number of piperidine rings is 1. The summed E-state index contributed by atoms with van der Waals surface area (Å²) in [5.74, 6) is -2.88. The van der Waals surface area contributed by atoms with Crippen LogP contribution < -0.4 is 0 Å². The standard InChI is InChI=1S/C15H28F2N2/c1-4-5-13-10-19(11-15(13,16)17)14-6-8-18(9-7-14)12(2)3/h12-14H,4-11H2,1-3H3. The van der Waals surface area contributed by atoms with Gasteiger partial charge in [-0.1, -0.05) is 13.3 Å². The fourth-order valence-corrected chi connectivity index (χ4v) is 3.58. The van der Waals surface area contributed by atoms with Crippen LogP contribution in [-0.2, 0) is 0 Å². The molecule has 0 aromatic heterocycles. The lowest BCUT2D eigenvalue weighted by atomic mass is 9.99. The lowest BCUT2D eigenvalue weighted by Crippen LogP contribution is -2.46. The quantitative estimate of drug-likeness (QED) is 0.776. The molecule has 0 saturated carbocycles. The van der Waals surface area contributed by atoms with Crippen molar-refractivity contribution in [2.24, 2.45) is 5.92 Å². The van der Waals surface area contributed by atoms with Gasteiger partial charge in [-0.05, 0) is 46.2 Å². The molecular formula is C15H28F2N2. The number of hydrogen-bond acceptors (Lipinski definition) is 2. The Balaban J connectivity index is 1.87. The molecule has 0 radical (unpaired) electrons. The Bertz CT molecular complexity index is 286. The van der Waals surface area contributed by atoms with Crippen molar-refractivity contribution < 1.29 is 8.78 Å². The van der Waals surface area contributed by atoms with Gasteiger partial charge in [-0.2, -0.15) is 0 Å². The van der Waals surface area contributed by atoms with Crippen molar-refractivity contribution in [1.82, 2.24) is 9.80 Å². The Morgan fingerprint density at radius 2 is 1.84 bits per heavy atom. The fraction of sp³-hybridized carbons (Fsp3) is 1.00. The van der Waals surface area contributed by atoms with Crippen LogP contribution in [0.25, 0.3) is 0 Å². The number of halogens is 2. The van der Waals surface area contributed by atoms with Crippen molar-refractivity contribution in [2.75, 3.05) is 26.2 Å². The highest BCUT2D eigenvalue weighted by Crippen LogP contribution is 2.38. The van der Waals surface area contributed by atoms with Crippen LogP contribution in [0.15, 0.2) is 0 Å². The van der Waals surface area contributed by atoms with Crippen LogP contribution in [0.2, 0.25) is 0 Å². The maximum atomic E-state index is 14.0. The molecule has 2 nitrogen and oxygen atoms in total. The van der Waals surface area contributed by atoms with Gasteiger partial charge in [0.25, 0.3) is 5.92 Å². The van der Waals surface area contributed by atoms with E-state index in [9.17, 15) is 8.78 Å². The van der Waals surface area contributed by atoms with Crippen LogP contribution in [0.5, 0.6) is 0 Å². The molecule has 19 heavy (non-hydrogen) atoms. The second-order valence-corrected chi connectivity index (χ2v) is 6.54. The zero-order valence-electron chi connectivity index (χ0n) is 12.5. The molecule has 1 atom stereocenters. The Kier molecular flexibility index (Phi) is 4.83. The van der Waals surface area contributed by atoms with E-state index in [2.05, 4.69) is 23.6 Å². The number of rotatable bonds is 4. The third-order valence-corrected chi connectivity index (χ3v) is 4.85. The Labute approximate surface area is 116 Å². The molecule has 2 saturated heterocycles. The molecule has 0 spiro atoms. The lowest BCUT2D eigenvalue weighted by Gasteiger charge is -2.38. The molecular weight excluding hydrogens is 246 g/mol. The molecule has 0 aromatic carbocycles. The highest BCUT2D eigenvalue weighted by Gasteiger charge is 2.48. The maximum Gasteiger partial charge on any atom is 0.264 e. The van der Waals surface area contributed by atoms with Gasteiger partial charge in [-0.25, -0.2) is 8.78 Å². The van der Waals surface area contributed by atoms with Gasteiger partial charge in [0, 0.05) is 24.5 Å². The van der Waals surface area contributed by atoms with Crippen LogP contribution in [0.1, 0.15) is 46.5 Å².